The van der Waals surface area contributed by atoms with E-state index >= 15 is 0 Å². The van der Waals surface area contributed by atoms with Gasteiger partial charge in [-0.25, -0.2) is 15.0 Å². The van der Waals surface area contributed by atoms with Gasteiger partial charge in [-0.05, 0) is 50.4 Å². The minimum Gasteiger partial charge on any atom is -0.377 e. The number of ether oxygens (including phenoxy) is 1. The van der Waals surface area contributed by atoms with Gasteiger partial charge in [-0.1, -0.05) is 0 Å². The summed E-state index contributed by atoms with van der Waals surface area (Å²) < 4.78 is 6.89. The van der Waals surface area contributed by atoms with E-state index in [0.29, 0.717) is 0 Å². The van der Waals surface area contributed by atoms with E-state index in [1.54, 1.807) is 11.3 Å². The maximum atomic E-state index is 5.70. The fourth-order valence-corrected chi connectivity index (χ4v) is 5.76. The zero-order valence-corrected chi connectivity index (χ0v) is 18.5. The lowest BCUT2D eigenvalue weighted by atomic mass is 10.1. The van der Waals surface area contributed by atoms with E-state index in [4.69, 9.17) is 14.7 Å². The van der Waals surface area contributed by atoms with E-state index < -0.39 is 0 Å². The lowest BCUT2D eigenvalue weighted by Crippen LogP contribution is -2.44. The summed E-state index contributed by atoms with van der Waals surface area (Å²) in [5.74, 6) is 1.81. The number of fused-ring (bicyclic) bond motifs is 2. The number of nitrogens with one attached hydrogen (secondary N) is 1. The summed E-state index contributed by atoms with van der Waals surface area (Å²) in [5.41, 5.74) is 4.29. The minimum atomic E-state index is 0.286. The van der Waals surface area contributed by atoms with Crippen LogP contribution in [0.25, 0.3) is 32.6 Å². The molecule has 1 atom stereocenters. The Morgan fingerprint density at radius 3 is 2.97 bits per heavy atom. The molecular formula is C23H26N6OS. The van der Waals surface area contributed by atoms with Gasteiger partial charge < -0.3 is 14.6 Å². The number of thiophene rings is 1. The average molecular weight is 435 g/mol. The number of rotatable bonds is 4. The first-order valence-corrected chi connectivity index (χ1v) is 11.9. The van der Waals surface area contributed by atoms with E-state index in [1.807, 2.05) is 18.5 Å². The van der Waals surface area contributed by atoms with Crippen LogP contribution in [0.1, 0.15) is 25.3 Å². The first-order valence-electron chi connectivity index (χ1n) is 11.1. The highest BCUT2D eigenvalue weighted by atomic mass is 32.1. The lowest BCUT2D eigenvalue weighted by molar-refractivity contribution is 0.0987. The van der Waals surface area contributed by atoms with E-state index in [9.17, 15) is 0 Å². The fourth-order valence-electron chi connectivity index (χ4n) is 4.76. The van der Waals surface area contributed by atoms with Gasteiger partial charge in [0.2, 0.25) is 0 Å². The Morgan fingerprint density at radius 2 is 2.10 bits per heavy atom. The Morgan fingerprint density at radius 1 is 1.19 bits per heavy atom. The van der Waals surface area contributed by atoms with Crippen LogP contribution in [0.3, 0.4) is 0 Å². The molecule has 2 saturated heterocycles. The van der Waals surface area contributed by atoms with Crippen molar-refractivity contribution in [3.05, 3.63) is 35.5 Å². The van der Waals surface area contributed by atoms with Crippen molar-refractivity contribution in [3.8, 4) is 11.4 Å². The third-order valence-electron chi connectivity index (χ3n) is 6.40. The molecule has 2 fully saturated rings. The number of pyridine rings is 1. The van der Waals surface area contributed by atoms with Crippen molar-refractivity contribution in [1.82, 2.24) is 24.8 Å². The van der Waals surface area contributed by atoms with Crippen LogP contribution in [-0.2, 0) is 11.3 Å². The molecule has 0 radical (unpaired) electrons. The molecule has 7 nitrogen and oxygen atoms in total. The van der Waals surface area contributed by atoms with Crippen LogP contribution in [-0.4, -0.2) is 63.7 Å². The van der Waals surface area contributed by atoms with Gasteiger partial charge in [0.1, 0.15) is 5.65 Å². The SMILES string of the molecule is C[C@@H]1COCCN1c1nc(-c2ccnc3[nH]ccc23)nc2c(CN3CCCC3)csc12. The molecule has 6 rings (SSSR count). The van der Waals surface area contributed by atoms with Gasteiger partial charge in [-0.3, -0.25) is 4.90 Å². The van der Waals surface area contributed by atoms with Crippen molar-refractivity contribution in [2.24, 2.45) is 0 Å². The largest absolute Gasteiger partial charge is 0.377 e. The smallest absolute Gasteiger partial charge is 0.163 e. The van der Waals surface area contributed by atoms with Gasteiger partial charge in [0.25, 0.3) is 0 Å². The second kappa shape index (κ2) is 7.85. The van der Waals surface area contributed by atoms with Crippen LogP contribution in [0.5, 0.6) is 0 Å². The van der Waals surface area contributed by atoms with Crippen LogP contribution in [0, 0.1) is 0 Å². The highest BCUT2D eigenvalue weighted by molar-refractivity contribution is 7.18. The van der Waals surface area contributed by atoms with Crippen molar-refractivity contribution in [2.45, 2.75) is 32.4 Å². The van der Waals surface area contributed by atoms with Crippen LogP contribution in [0.4, 0.5) is 5.82 Å². The van der Waals surface area contributed by atoms with Gasteiger partial charge in [-0.2, -0.15) is 0 Å². The predicted octanol–water partition coefficient (Wildman–Crippen LogP) is 4.06. The van der Waals surface area contributed by atoms with Crippen LogP contribution < -0.4 is 4.90 Å². The summed E-state index contributed by atoms with van der Waals surface area (Å²) in [6, 6.07) is 4.37. The molecule has 1 N–H and O–H groups in total. The van der Waals surface area contributed by atoms with E-state index in [-0.39, 0.29) is 6.04 Å². The van der Waals surface area contributed by atoms with Crippen molar-refractivity contribution >= 4 is 38.4 Å². The zero-order chi connectivity index (χ0) is 20.8. The molecule has 4 aromatic rings. The van der Waals surface area contributed by atoms with Crippen molar-refractivity contribution in [1.29, 1.82) is 0 Å². The first kappa shape index (κ1) is 19.2. The van der Waals surface area contributed by atoms with Gasteiger partial charge in [-0.15, -0.1) is 11.3 Å². The standard InChI is InChI=1S/C23H26N6OS/c1-15-13-30-11-10-29(15)23-20-19(16(14-31-20)12-28-8-2-3-9-28)26-22(27-23)18-5-7-25-21-17(18)4-6-24-21/h4-7,14-15H,2-3,8-13H2,1H3,(H,24,25)/t15-/m1/s1. The van der Waals surface area contributed by atoms with Crippen LogP contribution in [0.15, 0.2) is 29.9 Å². The fraction of sp³-hybridized carbons (Fsp3) is 0.435. The second-order valence-electron chi connectivity index (χ2n) is 8.51. The number of morpholine rings is 1. The van der Waals surface area contributed by atoms with E-state index in [2.05, 4.69) is 38.1 Å². The summed E-state index contributed by atoms with van der Waals surface area (Å²) in [6.07, 6.45) is 6.34. The summed E-state index contributed by atoms with van der Waals surface area (Å²) >= 11 is 1.78. The number of H-pyrrole nitrogens is 1. The molecule has 0 bridgehead atoms. The molecule has 2 aliphatic rings. The van der Waals surface area contributed by atoms with Gasteiger partial charge in [0.05, 0.1) is 29.5 Å². The molecule has 0 spiro atoms. The van der Waals surface area contributed by atoms with Gasteiger partial charge in [0, 0.05) is 42.0 Å². The highest BCUT2D eigenvalue weighted by Gasteiger charge is 2.26. The Labute approximate surface area is 185 Å². The monoisotopic (exact) mass is 434 g/mol. The molecule has 0 saturated carbocycles. The van der Waals surface area contributed by atoms with Gasteiger partial charge in [0.15, 0.2) is 11.6 Å². The molecular weight excluding hydrogens is 408 g/mol. The minimum absolute atomic E-state index is 0.286. The molecule has 4 aromatic heterocycles. The Hall–Kier alpha value is -2.55. The molecule has 8 heteroatoms. The molecule has 160 valence electrons. The number of aromatic nitrogens is 4. The normalized spacial score (nSPS) is 20.3. The summed E-state index contributed by atoms with van der Waals surface area (Å²) in [5, 5.41) is 3.34. The topological polar surface area (TPSA) is 70.2 Å². The number of hydrogen-bond acceptors (Lipinski definition) is 7. The average Bonchev–Trinajstić information content (AvgIpc) is 3.55. The molecule has 2 aliphatic heterocycles. The quantitative estimate of drug-likeness (QED) is 0.522. The lowest BCUT2D eigenvalue weighted by Gasteiger charge is -2.34. The maximum absolute atomic E-state index is 5.70. The molecule has 0 unspecified atom stereocenters. The third-order valence-corrected chi connectivity index (χ3v) is 7.42. The second-order valence-corrected chi connectivity index (χ2v) is 9.39. The Bertz CT molecular complexity index is 1230. The number of aromatic amines is 1. The van der Waals surface area contributed by atoms with Crippen molar-refractivity contribution < 1.29 is 4.74 Å². The van der Waals surface area contributed by atoms with Crippen molar-refractivity contribution in [3.63, 3.8) is 0 Å². The number of nitrogens with zero attached hydrogens (tertiary/aromatic N) is 5. The summed E-state index contributed by atoms with van der Waals surface area (Å²) in [7, 11) is 0. The molecule has 0 aliphatic carbocycles. The molecule has 0 aromatic carbocycles. The highest BCUT2D eigenvalue weighted by Crippen LogP contribution is 2.37. The molecule has 31 heavy (non-hydrogen) atoms. The van der Waals surface area contributed by atoms with E-state index in [1.165, 1.54) is 36.2 Å². The Kier molecular flexibility index (Phi) is 4.85. The summed E-state index contributed by atoms with van der Waals surface area (Å²) in [4.78, 5) is 22.9. The number of hydrogen-bond donors (Lipinski definition) is 1. The third kappa shape index (κ3) is 3.39. The number of likely N-dealkylation sites (tertiary alicyclic amines) is 1. The van der Waals surface area contributed by atoms with Gasteiger partial charge >= 0.3 is 0 Å². The van der Waals surface area contributed by atoms with Crippen LogP contribution >= 0.6 is 11.3 Å². The molecule has 6 heterocycles. The predicted molar refractivity (Wildman–Crippen MR) is 125 cm³/mol. The first-order chi connectivity index (χ1) is 15.3. The molecule has 0 amide bonds. The zero-order valence-electron chi connectivity index (χ0n) is 17.7. The summed E-state index contributed by atoms with van der Waals surface area (Å²) in [6.45, 7) is 7.83. The maximum Gasteiger partial charge on any atom is 0.163 e. The van der Waals surface area contributed by atoms with E-state index in [0.717, 1.165) is 60.1 Å². The van der Waals surface area contributed by atoms with Crippen molar-refractivity contribution in [2.75, 3.05) is 37.7 Å². The number of anilines is 1. The van der Waals surface area contributed by atoms with Crippen LogP contribution in [0.2, 0.25) is 0 Å². The Balaban J connectivity index is 1.53.